The lowest BCUT2D eigenvalue weighted by atomic mass is 9.97. The van der Waals surface area contributed by atoms with E-state index in [9.17, 15) is 4.57 Å². The summed E-state index contributed by atoms with van der Waals surface area (Å²) in [6, 6.07) is 16.5. The number of nitrogens with zero attached hydrogens (tertiary/aromatic N) is 1. The largest absolute Gasteiger partial charge is 0.443 e. The van der Waals surface area contributed by atoms with Gasteiger partial charge >= 0.3 is 0 Å². The van der Waals surface area contributed by atoms with Crippen molar-refractivity contribution in [3.05, 3.63) is 65.2 Å². The minimum Gasteiger partial charge on any atom is -0.443 e. The van der Waals surface area contributed by atoms with Crippen molar-refractivity contribution in [1.29, 1.82) is 0 Å². The van der Waals surface area contributed by atoms with Crippen molar-refractivity contribution in [2.75, 3.05) is 13.2 Å². The molecule has 1 atom stereocenters. The Balaban J connectivity index is 1.71. The van der Waals surface area contributed by atoms with Crippen molar-refractivity contribution in [1.82, 2.24) is 4.90 Å². The summed E-state index contributed by atoms with van der Waals surface area (Å²) in [6.07, 6.45) is 1.54. The van der Waals surface area contributed by atoms with E-state index in [0.717, 1.165) is 25.1 Å². The number of hydrogen-bond donors (Lipinski definition) is 0. The molecule has 0 amide bonds. The minimum atomic E-state index is -2.71. The van der Waals surface area contributed by atoms with E-state index in [1.165, 1.54) is 11.1 Å². The van der Waals surface area contributed by atoms with Gasteiger partial charge < -0.3 is 4.52 Å². The van der Waals surface area contributed by atoms with Gasteiger partial charge in [-0.15, -0.1) is 0 Å². The zero-order valence-corrected chi connectivity index (χ0v) is 15.6. The Hall–Kier alpha value is -1.57. The van der Waals surface area contributed by atoms with Crippen LogP contribution < -0.4 is 4.52 Å². The van der Waals surface area contributed by atoms with E-state index >= 15 is 0 Å². The Morgan fingerprint density at radius 3 is 2.58 bits per heavy atom. The third-order valence-electron chi connectivity index (χ3n) is 4.55. The van der Waals surface area contributed by atoms with Gasteiger partial charge in [0.15, 0.2) is 0 Å². The Kier molecular flexibility index (Phi) is 5.12. The average Bonchev–Trinajstić information content (AvgIpc) is 2.54. The molecular weight excluding hydrogens is 317 g/mol. The van der Waals surface area contributed by atoms with E-state index in [1.54, 1.807) is 6.66 Å². The molecule has 0 bridgehead atoms. The van der Waals surface area contributed by atoms with Crippen LogP contribution in [0.25, 0.3) is 0 Å². The van der Waals surface area contributed by atoms with Crippen LogP contribution in [-0.2, 0) is 23.7 Å². The monoisotopic (exact) mass is 343 g/mol. The third kappa shape index (κ3) is 4.28. The molecule has 24 heavy (non-hydrogen) atoms. The highest BCUT2D eigenvalue weighted by molar-refractivity contribution is 7.57. The van der Waals surface area contributed by atoms with E-state index in [0.29, 0.717) is 18.0 Å². The van der Waals surface area contributed by atoms with Gasteiger partial charge in [0, 0.05) is 25.8 Å². The van der Waals surface area contributed by atoms with Gasteiger partial charge in [0.05, 0.1) is 6.16 Å². The Morgan fingerprint density at radius 2 is 1.88 bits per heavy atom. The summed E-state index contributed by atoms with van der Waals surface area (Å²) in [6.45, 7) is 8.32. The Morgan fingerprint density at radius 1 is 1.12 bits per heavy atom. The molecule has 0 N–H and O–H groups in total. The van der Waals surface area contributed by atoms with Gasteiger partial charge in [-0.25, -0.2) is 0 Å². The van der Waals surface area contributed by atoms with Crippen LogP contribution in [0.15, 0.2) is 48.5 Å². The van der Waals surface area contributed by atoms with E-state index in [2.05, 4.69) is 36.9 Å². The molecule has 0 aliphatic carbocycles. The van der Waals surface area contributed by atoms with Crippen LogP contribution in [0.5, 0.6) is 5.75 Å². The van der Waals surface area contributed by atoms with Crippen molar-refractivity contribution in [2.45, 2.75) is 39.0 Å². The topological polar surface area (TPSA) is 29.5 Å². The predicted octanol–water partition coefficient (Wildman–Crippen LogP) is 4.94. The summed E-state index contributed by atoms with van der Waals surface area (Å²) in [5.41, 5.74) is 3.89. The second kappa shape index (κ2) is 7.13. The van der Waals surface area contributed by atoms with Crippen LogP contribution in [0.1, 0.15) is 30.5 Å². The molecule has 1 heterocycles. The molecule has 0 radical (unpaired) electrons. The first-order chi connectivity index (χ1) is 11.4. The Labute approximate surface area is 145 Å². The van der Waals surface area contributed by atoms with Gasteiger partial charge in [0.25, 0.3) is 0 Å². The van der Waals surface area contributed by atoms with Crippen LogP contribution in [0.4, 0.5) is 0 Å². The van der Waals surface area contributed by atoms with Gasteiger partial charge in [-0.2, -0.15) is 0 Å². The first-order valence-electron chi connectivity index (χ1n) is 8.59. The van der Waals surface area contributed by atoms with E-state index < -0.39 is 7.37 Å². The zero-order valence-electron chi connectivity index (χ0n) is 14.7. The highest BCUT2D eigenvalue weighted by Crippen LogP contribution is 2.46. The summed E-state index contributed by atoms with van der Waals surface area (Å²) in [5, 5.41) is 0. The average molecular weight is 343 g/mol. The molecule has 2 aromatic rings. The lowest BCUT2D eigenvalue weighted by Gasteiger charge is -2.32. The fourth-order valence-corrected chi connectivity index (χ4v) is 4.73. The fraction of sp³-hybridized carbons (Fsp3) is 0.400. The molecule has 0 fully saturated rings. The summed E-state index contributed by atoms with van der Waals surface area (Å²) in [7, 11) is -2.71. The maximum absolute atomic E-state index is 12.8. The molecule has 0 aromatic heterocycles. The van der Waals surface area contributed by atoms with Crippen molar-refractivity contribution in [2.24, 2.45) is 0 Å². The van der Waals surface area contributed by atoms with Gasteiger partial charge in [0.1, 0.15) is 5.75 Å². The fourth-order valence-electron chi connectivity index (χ4n) is 3.24. The molecule has 128 valence electrons. The first kappa shape index (κ1) is 17.3. The zero-order chi connectivity index (χ0) is 17.2. The molecule has 1 aliphatic rings. The Bertz CT molecular complexity index is 743. The van der Waals surface area contributed by atoms with Crippen molar-refractivity contribution >= 4 is 7.37 Å². The van der Waals surface area contributed by atoms with Crippen molar-refractivity contribution < 1.29 is 9.09 Å². The standard InChI is InChI=1S/C20H26NO2P/c1-16(2)21-12-11-18-13-17(9-10-19(18)14-21)15-24(3,22)23-20-7-5-4-6-8-20/h4-10,13,16H,11-12,14-15H2,1-3H3. The van der Waals surface area contributed by atoms with Gasteiger partial charge in [-0.1, -0.05) is 36.4 Å². The molecule has 0 spiro atoms. The summed E-state index contributed by atoms with van der Waals surface area (Å²) in [4.78, 5) is 2.49. The predicted molar refractivity (Wildman–Crippen MR) is 100.0 cm³/mol. The van der Waals surface area contributed by atoms with E-state index in [1.807, 2.05) is 30.3 Å². The molecule has 2 aromatic carbocycles. The normalized spacial score (nSPS) is 17.3. The molecule has 0 saturated carbocycles. The van der Waals surface area contributed by atoms with Crippen LogP contribution in [-0.4, -0.2) is 24.2 Å². The molecule has 1 aliphatic heterocycles. The smallest absolute Gasteiger partial charge is 0.249 e. The number of rotatable bonds is 5. The lowest BCUT2D eigenvalue weighted by molar-refractivity contribution is 0.203. The second-order valence-electron chi connectivity index (χ2n) is 6.99. The first-order valence-corrected chi connectivity index (χ1v) is 10.8. The van der Waals surface area contributed by atoms with Crippen LogP contribution in [0.2, 0.25) is 0 Å². The minimum absolute atomic E-state index is 0.475. The summed E-state index contributed by atoms with van der Waals surface area (Å²) >= 11 is 0. The van der Waals surface area contributed by atoms with Crippen LogP contribution >= 0.6 is 7.37 Å². The molecule has 4 heteroatoms. The molecule has 3 rings (SSSR count). The lowest BCUT2D eigenvalue weighted by Crippen LogP contribution is -2.35. The molecular formula is C20H26NO2P. The number of fused-ring (bicyclic) bond motifs is 1. The maximum atomic E-state index is 12.8. The molecule has 0 saturated heterocycles. The number of benzene rings is 2. The second-order valence-corrected chi connectivity index (χ2v) is 9.52. The third-order valence-corrected chi connectivity index (χ3v) is 6.09. The highest BCUT2D eigenvalue weighted by atomic mass is 31.2. The van der Waals surface area contributed by atoms with Crippen LogP contribution in [0, 0.1) is 0 Å². The van der Waals surface area contributed by atoms with Gasteiger partial charge in [-0.3, -0.25) is 9.46 Å². The van der Waals surface area contributed by atoms with E-state index in [-0.39, 0.29) is 0 Å². The SMILES string of the molecule is CC(C)N1CCc2cc(CP(C)(=O)Oc3ccccc3)ccc2C1. The number of para-hydroxylation sites is 1. The number of hydrogen-bond acceptors (Lipinski definition) is 3. The summed E-state index contributed by atoms with van der Waals surface area (Å²) in [5.74, 6) is 0.675. The molecule has 1 unspecified atom stereocenters. The highest BCUT2D eigenvalue weighted by Gasteiger charge is 2.22. The summed E-state index contributed by atoms with van der Waals surface area (Å²) < 4.78 is 18.6. The van der Waals surface area contributed by atoms with Crippen LogP contribution in [0.3, 0.4) is 0 Å². The van der Waals surface area contributed by atoms with E-state index in [4.69, 9.17) is 4.52 Å². The maximum Gasteiger partial charge on any atom is 0.249 e. The van der Waals surface area contributed by atoms with Crippen molar-refractivity contribution in [3.8, 4) is 5.75 Å². The molecule has 3 nitrogen and oxygen atoms in total. The quantitative estimate of drug-likeness (QED) is 0.720. The van der Waals surface area contributed by atoms with Gasteiger partial charge in [0.2, 0.25) is 7.37 Å². The van der Waals surface area contributed by atoms with Gasteiger partial charge in [-0.05, 0) is 49.1 Å². The van der Waals surface area contributed by atoms with Crippen molar-refractivity contribution in [3.63, 3.8) is 0 Å².